The van der Waals surface area contributed by atoms with Crippen molar-refractivity contribution in [1.82, 2.24) is 0 Å². The summed E-state index contributed by atoms with van der Waals surface area (Å²) in [6.45, 7) is 7.26. The van der Waals surface area contributed by atoms with Gasteiger partial charge in [-0.2, -0.15) is 0 Å². The van der Waals surface area contributed by atoms with E-state index in [4.69, 9.17) is 0 Å². The highest BCUT2D eigenvalue weighted by Crippen LogP contribution is 2.45. The summed E-state index contributed by atoms with van der Waals surface area (Å²) in [6, 6.07) is 0. The van der Waals surface area contributed by atoms with Gasteiger partial charge in [0, 0.05) is 0 Å². The second kappa shape index (κ2) is 8.44. The molecule has 2 fully saturated rings. The van der Waals surface area contributed by atoms with Crippen molar-refractivity contribution >= 4 is 0 Å². The lowest BCUT2D eigenvalue weighted by Crippen LogP contribution is -2.31. The van der Waals surface area contributed by atoms with Gasteiger partial charge in [0.15, 0.2) is 0 Å². The number of unbranched alkanes of at least 4 members (excludes halogenated alkanes) is 1. The van der Waals surface area contributed by atoms with E-state index in [1.807, 2.05) is 0 Å². The summed E-state index contributed by atoms with van der Waals surface area (Å²) in [5, 5.41) is 0. The molecule has 0 bridgehead atoms. The van der Waals surface area contributed by atoms with Gasteiger partial charge in [0.05, 0.1) is 0 Å². The fraction of sp³-hybridized carbons (Fsp3) is 1.00. The zero-order valence-electron chi connectivity index (χ0n) is 14.4. The predicted molar refractivity (Wildman–Crippen MR) is 89.9 cm³/mol. The minimum atomic E-state index is 1.01. The molecule has 0 amide bonds. The SMILES string of the molecule is CCCCC1CCC(C2CCC(CCC)CC2C)CC1. The highest BCUT2D eigenvalue weighted by Gasteiger charge is 2.34. The normalized spacial score (nSPS) is 38.9. The van der Waals surface area contributed by atoms with Gasteiger partial charge in [-0.25, -0.2) is 0 Å². The maximum Gasteiger partial charge on any atom is -0.0360 e. The van der Waals surface area contributed by atoms with Crippen molar-refractivity contribution < 1.29 is 0 Å². The lowest BCUT2D eigenvalue weighted by atomic mass is 9.64. The van der Waals surface area contributed by atoms with Crippen LogP contribution in [0, 0.1) is 29.6 Å². The molecule has 0 spiro atoms. The van der Waals surface area contributed by atoms with Gasteiger partial charge < -0.3 is 0 Å². The van der Waals surface area contributed by atoms with E-state index in [-0.39, 0.29) is 0 Å². The van der Waals surface area contributed by atoms with Gasteiger partial charge >= 0.3 is 0 Å². The van der Waals surface area contributed by atoms with Crippen LogP contribution in [0.15, 0.2) is 0 Å². The van der Waals surface area contributed by atoms with E-state index in [0.29, 0.717) is 0 Å². The Morgan fingerprint density at radius 1 is 0.750 bits per heavy atom. The second-order valence-corrected chi connectivity index (χ2v) is 8.03. The molecule has 0 saturated heterocycles. The van der Waals surface area contributed by atoms with Crippen molar-refractivity contribution in [3.05, 3.63) is 0 Å². The summed E-state index contributed by atoms with van der Waals surface area (Å²) in [5.41, 5.74) is 0. The zero-order valence-corrected chi connectivity index (χ0v) is 14.4. The summed E-state index contributed by atoms with van der Waals surface area (Å²) in [6.07, 6.45) is 18.1. The summed E-state index contributed by atoms with van der Waals surface area (Å²) < 4.78 is 0. The average molecular weight is 279 g/mol. The van der Waals surface area contributed by atoms with Crippen LogP contribution in [0.4, 0.5) is 0 Å². The van der Waals surface area contributed by atoms with E-state index in [1.54, 1.807) is 38.5 Å². The van der Waals surface area contributed by atoms with E-state index in [9.17, 15) is 0 Å². The number of rotatable bonds is 6. The first kappa shape index (κ1) is 16.4. The maximum atomic E-state index is 2.57. The highest BCUT2D eigenvalue weighted by atomic mass is 14.4. The lowest BCUT2D eigenvalue weighted by molar-refractivity contribution is 0.0925. The third-order valence-electron chi connectivity index (χ3n) is 6.50. The Bertz CT molecular complexity index is 249. The molecule has 20 heavy (non-hydrogen) atoms. The molecule has 0 aromatic carbocycles. The lowest BCUT2D eigenvalue weighted by Gasteiger charge is -2.41. The molecule has 2 rings (SSSR count). The van der Waals surface area contributed by atoms with Crippen LogP contribution in [0.5, 0.6) is 0 Å². The van der Waals surface area contributed by atoms with Gasteiger partial charge in [-0.15, -0.1) is 0 Å². The van der Waals surface area contributed by atoms with Crippen LogP contribution in [0.3, 0.4) is 0 Å². The van der Waals surface area contributed by atoms with Crippen LogP contribution < -0.4 is 0 Å². The Hall–Kier alpha value is 0. The van der Waals surface area contributed by atoms with Crippen LogP contribution >= 0.6 is 0 Å². The van der Waals surface area contributed by atoms with Gasteiger partial charge in [0.1, 0.15) is 0 Å². The standard InChI is InChI=1S/C20H38/c1-4-6-8-17-9-12-19(13-10-17)20-14-11-18(7-5-2)15-16(20)3/h16-20H,4-15H2,1-3H3. The highest BCUT2D eigenvalue weighted by molar-refractivity contribution is 4.85. The summed E-state index contributed by atoms with van der Waals surface area (Å²) in [5.74, 6) is 5.32. The van der Waals surface area contributed by atoms with E-state index in [2.05, 4.69) is 20.8 Å². The molecule has 3 atom stereocenters. The monoisotopic (exact) mass is 278 g/mol. The van der Waals surface area contributed by atoms with Gasteiger partial charge in [-0.3, -0.25) is 0 Å². The van der Waals surface area contributed by atoms with E-state index in [1.165, 1.54) is 38.5 Å². The zero-order chi connectivity index (χ0) is 14.4. The molecule has 0 aliphatic heterocycles. The Labute approximate surface area is 128 Å². The van der Waals surface area contributed by atoms with Gasteiger partial charge in [-0.05, 0) is 55.3 Å². The minimum Gasteiger partial charge on any atom is -0.0654 e. The molecule has 3 unspecified atom stereocenters. The molecule has 2 aliphatic carbocycles. The van der Waals surface area contributed by atoms with Crippen LogP contribution in [0.25, 0.3) is 0 Å². The fourth-order valence-electron chi connectivity index (χ4n) is 5.30. The Kier molecular flexibility index (Phi) is 6.91. The summed E-state index contributed by atoms with van der Waals surface area (Å²) in [7, 11) is 0. The molecule has 0 aromatic rings. The molecule has 0 aromatic heterocycles. The first-order valence-corrected chi connectivity index (χ1v) is 9.74. The predicted octanol–water partition coefficient (Wildman–Crippen LogP) is 6.84. The van der Waals surface area contributed by atoms with Crippen molar-refractivity contribution in [3.63, 3.8) is 0 Å². The number of hydrogen-bond acceptors (Lipinski definition) is 0. The minimum absolute atomic E-state index is 1.01. The molecule has 2 saturated carbocycles. The quantitative estimate of drug-likeness (QED) is 0.499. The molecule has 2 aliphatic rings. The topological polar surface area (TPSA) is 0 Å². The Morgan fingerprint density at radius 3 is 2.05 bits per heavy atom. The number of hydrogen-bond donors (Lipinski definition) is 0. The Morgan fingerprint density at radius 2 is 1.45 bits per heavy atom. The average Bonchev–Trinajstić information content (AvgIpc) is 2.46. The third-order valence-corrected chi connectivity index (χ3v) is 6.50. The second-order valence-electron chi connectivity index (χ2n) is 8.03. The molecule has 118 valence electrons. The van der Waals surface area contributed by atoms with Crippen molar-refractivity contribution in [2.24, 2.45) is 29.6 Å². The molecule has 0 radical (unpaired) electrons. The van der Waals surface area contributed by atoms with Crippen molar-refractivity contribution in [2.75, 3.05) is 0 Å². The summed E-state index contributed by atoms with van der Waals surface area (Å²) in [4.78, 5) is 0. The molecule has 0 heteroatoms. The fourth-order valence-corrected chi connectivity index (χ4v) is 5.30. The first-order chi connectivity index (χ1) is 9.74. The maximum absolute atomic E-state index is 2.57. The van der Waals surface area contributed by atoms with Crippen molar-refractivity contribution in [3.8, 4) is 0 Å². The molecule has 0 N–H and O–H groups in total. The van der Waals surface area contributed by atoms with Crippen molar-refractivity contribution in [1.29, 1.82) is 0 Å². The Balaban J connectivity index is 1.73. The van der Waals surface area contributed by atoms with Gasteiger partial charge in [0.25, 0.3) is 0 Å². The van der Waals surface area contributed by atoms with E-state index >= 15 is 0 Å². The van der Waals surface area contributed by atoms with Gasteiger partial charge in [-0.1, -0.05) is 72.1 Å². The van der Waals surface area contributed by atoms with Crippen LogP contribution in [0.2, 0.25) is 0 Å². The van der Waals surface area contributed by atoms with Crippen LogP contribution in [0.1, 0.15) is 97.8 Å². The third kappa shape index (κ3) is 4.50. The van der Waals surface area contributed by atoms with Gasteiger partial charge in [0.2, 0.25) is 0 Å². The molecular weight excluding hydrogens is 240 g/mol. The van der Waals surface area contributed by atoms with E-state index in [0.717, 1.165) is 29.6 Å². The van der Waals surface area contributed by atoms with Crippen molar-refractivity contribution in [2.45, 2.75) is 97.8 Å². The smallest absolute Gasteiger partial charge is 0.0360 e. The molecule has 0 nitrogen and oxygen atoms in total. The summed E-state index contributed by atoms with van der Waals surface area (Å²) >= 11 is 0. The first-order valence-electron chi connectivity index (χ1n) is 9.74. The van der Waals surface area contributed by atoms with E-state index < -0.39 is 0 Å². The molecule has 0 heterocycles. The van der Waals surface area contributed by atoms with Crippen LogP contribution in [-0.2, 0) is 0 Å². The largest absolute Gasteiger partial charge is 0.0654 e. The van der Waals surface area contributed by atoms with Crippen LogP contribution in [-0.4, -0.2) is 0 Å². The molecular formula is C20H38.